The van der Waals surface area contributed by atoms with E-state index in [4.69, 9.17) is 27.9 Å². The minimum absolute atomic E-state index is 0.112. The van der Waals surface area contributed by atoms with E-state index in [1.165, 1.54) is 30.3 Å². The van der Waals surface area contributed by atoms with Crippen molar-refractivity contribution < 1.29 is 19.4 Å². The van der Waals surface area contributed by atoms with Crippen molar-refractivity contribution in [2.24, 2.45) is 0 Å². The van der Waals surface area contributed by atoms with Gasteiger partial charge in [0.25, 0.3) is 5.72 Å². The quantitative estimate of drug-likeness (QED) is 0.474. The fraction of sp³-hybridized carbons (Fsp3) is 0.176. The molecule has 3 rings (SSSR count). The summed E-state index contributed by atoms with van der Waals surface area (Å²) in [5.74, 6) is -1.46. The molecule has 1 unspecified atom stereocenters. The second-order valence-corrected chi connectivity index (χ2v) is 6.59. The zero-order chi connectivity index (χ0) is 19.8. The standard InChI is InChI=1S/C17H13Cl2N3O5/c1-10(23)27-17(12-4-2-3-5-14(12)19)13-8-11(18)6-7-15(13)20-16(24)9-21(17)22(25)26/h2-8H,9H2,1H3,(H,20,24). The van der Waals surface area contributed by atoms with E-state index in [1.807, 2.05) is 0 Å². The van der Waals surface area contributed by atoms with E-state index in [0.717, 1.165) is 6.92 Å². The molecule has 0 radical (unpaired) electrons. The lowest BCUT2D eigenvalue weighted by molar-refractivity contribution is -0.684. The molecule has 1 heterocycles. The van der Waals surface area contributed by atoms with Crippen LogP contribution in [-0.4, -0.2) is 28.5 Å². The molecule has 10 heteroatoms. The second-order valence-electron chi connectivity index (χ2n) is 5.75. The number of ether oxygens (including phenoxy) is 1. The molecule has 0 aromatic heterocycles. The van der Waals surface area contributed by atoms with Crippen LogP contribution in [0.2, 0.25) is 10.0 Å². The molecule has 1 aliphatic heterocycles. The first-order valence-corrected chi connectivity index (χ1v) is 8.47. The van der Waals surface area contributed by atoms with Crippen molar-refractivity contribution in [3.8, 4) is 0 Å². The predicted molar refractivity (Wildman–Crippen MR) is 97.8 cm³/mol. The Morgan fingerprint density at radius 1 is 1.26 bits per heavy atom. The molecule has 27 heavy (non-hydrogen) atoms. The summed E-state index contributed by atoms with van der Waals surface area (Å²) in [5.41, 5.74) is -1.65. The summed E-state index contributed by atoms with van der Waals surface area (Å²) in [5, 5.41) is 14.6. The number of fused-ring (bicyclic) bond motifs is 1. The Labute approximate surface area is 163 Å². The number of hydrogen-bond donors (Lipinski definition) is 1. The number of benzene rings is 2. The van der Waals surface area contributed by atoms with Crippen LogP contribution in [0.3, 0.4) is 0 Å². The lowest BCUT2D eigenvalue weighted by Gasteiger charge is -2.37. The summed E-state index contributed by atoms with van der Waals surface area (Å²) in [7, 11) is 0. The number of rotatable bonds is 3. The molecule has 0 saturated heterocycles. The van der Waals surface area contributed by atoms with E-state index < -0.39 is 29.2 Å². The van der Waals surface area contributed by atoms with Gasteiger partial charge in [-0.15, -0.1) is 0 Å². The fourth-order valence-electron chi connectivity index (χ4n) is 3.05. The Morgan fingerprint density at radius 3 is 2.59 bits per heavy atom. The van der Waals surface area contributed by atoms with Crippen LogP contribution in [0.5, 0.6) is 0 Å². The Morgan fingerprint density at radius 2 is 1.96 bits per heavy atom. The van der Waals surface area contributed by atoms with Gasteiger partial charge >= 0.3 is 5.97 Å². The van der Waals surface area contributed by atoms with Gasteiger partial charge in [-0.25, -0.2) is 10.1 Å². The molecule has 0 spiro atoms. The first kappa shape index (κ1) is 18.9. The predicted octanol–water partition coefficient (Wildman–Crippen LogP) is 3.20. The number of hydrogen-bond acceptors (Lipinski definition) is 5. The largest absolute Gasteiger partial charge is 0.425 e. The number of nitrogens with zero attached hydrogens (tertiary/aromatic N) is 2. The van der Waals surface area contributed by atoms with Gasteiger partial charge in [-0.05, 0) is 24.3 Å². The number of amides is 1. The van der Waals surface area contributed by atoms with E-state index in [9.17, 15) is 19.7 Å². The van der Waals surface area contributed by atoms with Crippen LogP contribution in [-0.2, 0) is 20.1 Å². The third-order valence-corrected chi connectivity index (χ3v) is 4.57. The van der Waals surface area contributed by atoms with Gasteiger partial charge in [0.15, 0.2) is 11.6 Å². The van der Waals surface area contributed by atoms with Crippen molar-refractivity contribution in [1.82, 2.24) is 5.01 Å². The van der Waals surface area contributed by atoms with Crippen LogP contribution in [0.15, 0.2) is 42.5 Å². The van der Waals surface area contributed by atoms with E-state index in [1.54, 1.807) is 12.1 Å². The number of nitro groups is 1. The van der Waals surface area contributed by atoms with Crippen LogP contribution in [0.1, 0.15) is 18.1 Å². The smallest absolute Gasteiger partial charge is 0.305 e. The summed E-state index contributed by atoms with van der Waals surface area (Å²) < 4.78 is 5.54. The van der Waals surface area contributed by atoms with Crippen molar-refractivity contribution in [1.29, 1.82) is 0 Å². The Hall–Kier alpha value is -2.84. The van der Waals surface area contributed by atoms with Crippen LogP contribution in [0, 0.1) is 10.1 Å². The normalized spacial score (nSPS) is 18.9. The summed E-state index contributed by atoms with van der Waals surface area (Å²) in [6.45, 7) is 0.429. The minimum Gasteiger partial charge on any atom is -0.425 e. The van der Waals surface area contributed by atoms with Gasteiger partial charge in [0.2, 0.25) is 5.91 Å². The number of hydrazine groups is 1. The number of carbonyl (C=O) groups excluding carboxylic acids is 2. The number of carbonyl (C=O) groups is 2. The van der Waals surface area contributed by atoms with Crippen LogP contribution < -0.4 is 5.32 Å². The molecular weight excluding hydrogens is 397 g/mol. The van der Waals surface area contributed by atoms with Crippen molar-refractivity contribution in [3.63, 3.8) is 0 Å². The zero-order valence-electron chi connectivity index (χ0n) is 13.9. The van der Waals surface area contributed by atoms with Crippen LogP contribution in [0.25, 0.3) is 0 Å². The second kappa shape index (κ2) is 7.05. The molecule has 0 bridgehead atoms. The van der Waals surface area contributed by atoms with Crippen molar-refractivity contribution >= 4 is 40.8 Å². The molecule has 0 saturated carbocycles. The summed E-state index contributed by atoms with van der Waals surface area (Å²) in [6, 6.07) is 10.6. The van der Waals surface area contributed by atoms with E-state index in [-0.39, 0.29) is 26.9 Å². The average Bonchev–Trinajstić information content (AvgIpc) is 2.70. The SMILES string of the molecule is CC(=O)OC1(c2ccccc2Cl)c2cc(Cl)ccc2NC(=O)CN1[N+](=O)[O-]. The number of nitrogens with one attached hydrogen (secondary N) is 1. The maximum absolute atomic E-state index is 12.3. The van der Waals surface area contributed by atoms with Crippen LogP contribution >= 0.6 is 23.2 Å². The van der Waals surface area contributed by atoms with Crippen molar-refractivity contribution in [3.05, 3.63) is 73.8 Å². The molecule has 1 aliphatic rings. The number of halogens is 2. The topological polar surface area (TPSA) is 102 Å². The third-order valence-electron chi connectivity index (χ3n) is 4.01. The Bertz CT molecular complexity index is 952. The molecule has 0 aliphatic carbocycles. The first-order chi connectivity index (χ1) is 12.8. The lowest BCUT2D eigenvalue weighted by Crippen LogP contribution is -2.54. The molecular formula is C17H13Cl2N3O5. The van der Waals surface area contributed by atoms with Gasteiger partial charge < -0.3 is 10.1 Å². The lowest BCUT2D eigenvalue weighted by atomic mass is 9.92. The zero-order valence-corrected chi connectivity index (χ0v) is 15.5. The van der Waals surface area contributed by atoms with Crippen molar-refractivity contribution in [2.75, 3.05) is 11.9 Å². The molecule has 140 valence electrons. The molecule has 1 amide bonds. The van der Waals surface area contributed by atoms with Gasteiger partial charge in [-0.2, -0.15) is 0 Å². The maximum atomic E-state index is 12.3. The molecule has 2 aromatic rings. The van der Waals surface area contributed by atoms with Gasteiger partial charge in [0.05, 0.1) is 16.3 Å². The maximum Gasteiger partial charge on any atom is 0.305 e. The van der Waals surface area contributed by atoms with Gasteiger partial charge in [-0.3, -0.25) is 9.59 Å². The highest BCUT2D eigenvalue weighted by atomic mass is 35.5. The fourth-order valence-corrected chi connectivity index (χ4v) is 3.48. The summed E-state index contributed by atoms with van der Waals surface area (Å²) >= 11 is 12.4. The van der Waals surface area contributed by atoms with Crippen LogP contribution in [0.4, 0.5) is 5.69 Å². The summed E-state index contributed by atoms with van der Waals surface area (Å²) in [4.78, 5) is 36.2. The Balaban J connectivity index is 2.47. The van der Waals surface area contributed by atoms with Gasteiger partial charge in [-0.1, -0.05) is 46.4 Å². The minimum atomic E-state index is -2.10. The molecule has 8 nitrogen and oxygen atoms in total. The third kappa shape index (κ3) is 3.29. The van der Waals surface area contributed by atoms with Gasteiger partial charge in [0.1, 0.15) is 0 Å². The molecule has 1 N–H and O–H groups in total. The number of esters is 1. The average molecular weight is 410 g/mol. The van der Waals surface area contributed by atoms with Crippen molar-refractivity contribution in [2.45, 2.75) is 12.6 Å². The monoisotopic (exact) mass is 409 g/mol. The molecule has 0 fully saturated rings. The highest BCUT2D eigenvalue weighted by Crippen LogP contribution is 2.45. The van der Waals surface area contributed by atoms with E-state index in [0.29, 0.717) is 5.01 Å². The molecule has 2 aromatic carbocycles. The summed E-state index contributed by atoms with van der Waals surface area (Å²) in [6.07, 6.45) is 0. The highest BCUT2D eigenvalue weighted by molar-refractivity contribution is 6.31. The number of anilines is 1. The van der Waals surface area contributed by atoms with E-state index in [2.05, 4.69) is 5.32 Å². The van der Waals surface area contributed by atoms with E-state index >= 15 is 0 Å². The molecule has 1 atom stereocenters. The highest BCUT2D eigenvalue weighted by Gasteiger charge is 2.55. The first-order valence-electron chi connectivity index (χ1n) is 7.72. The van der Waals surface area contributed by atoms with Gasteiger partial charge in [0, 0.05) is 17.5 Å². The Kier molecular flexibility index (Phi) is 4.95.